The maximum Gasteiger partial charge on any atom is 0.292 e. The monoisotopic (exact) mass is 426 g/mol. The van der Waals surface area contributed by atoms with Gasteiger partial charge >= 0.3 is 0 Å². The number of rotatable bonds is 4. The van der Waals surface area contributed by atoms with Crippen molar-refractivity contribution in [3.63, 3.8) is 0 Å². The minimum atomic E-state index is -0.422. The molecule has 30 heavy (non-hydrogen) atoms. The van der Waals surface area contributed by atoms with E-state index in [4.69, 9.17) is 20.5 Å². The third-order valence-corrected chi connectivity index (χ3v) is 5.14. The van der Waals surface area contributed by atoms with Crippen molar-refractivity contribution in [1.82, 2.24) is 10.6 Å². The summed E-state index contributed by atoms with van der Waals surface area (Å²) in [7, 11) is 0. The van der Waals surface area contributed by atoms with Crippen molar-refractivity contribution in [3.05, 3.63) is 69.3 Å². The smallest absolute Gasteiger partial charge is 0.292 e. The first-order valence-electron chi connectivity index (χ1n) is 9.42. The number of fused-ring (bicyclic) bond motifs is 1. The van der Waals surface area contributed by atoms with Gasteiger partial charge < -0.3 is 14.3 Å². The Morgan fingerprint density at radius 3 is 2.70 bits per heavy atom. The van der Waals surface area contributed by atoms with E-state index >= 15 is 0 Å². The van der Waals surface area contributed by atoms with Gasteiger partial charge in [-0.05, 0) is 38.8 Å². The average Bonchev–Trinajstić information content (AvgIpc) is 3.29. The van der Waals surface area contributed by atoms with Crippen LogP contribution in [0.5, 0.6) is 0 Å². The van der Waals surface area contributed by atoms with Crippen molar-refractivity contribution in [3.8, 4) is 0 Å². The van der Waals surface area contributed by atoms with E-state index in [1.54, 1.807) is 44.2 Å². The van der Waals surface area contributed by atoms with Crippen LogP contribution in [0.3, 0.4) is 0 Å². The van der Waals surface area contributed by atoms with Crippen molar-refractivity contribution in [2.75, 3.05) is 5.32 Å². The predicted octanol–water partition coefficient (Wildman–Crippen LogP) is 4.26. The molecule has 0 aliphatic heterocycles. The van der Waals surface area contributed by atoms with E-state index in [2.05, 4.69) is 21.0 Å². The molecular formula is C21H19ClN4O4. The maximum atomic E-state index is 12.6. The van der Waals surface area contributed by atoms with Crippen LogP contribution in [-0.2, 0) is 6.42 Å². The molecule has 1 aliphatic rings. The van der Waals surface area contributed by atoms with Gasteiger partial charge in [0.05, 0.1) is 16.3 Å². The van der Waals surface area contributed by atoms with Gasteiger partial charge in [-0.15, -0.1) is 0 Å². The second-order valence-corrected chi connectivity index (χ2v) is 7.37. The zero-order valence-electron chi connectivity index (χ0n) is 16.4. The first kappa shape index (κ1) is 19.9. The van der Waals surface area contributed by atoms with Gasteiger partial charge in [-0.25, -0.2) is 5.43 Å². The van der Waals surface area contributed by atoms with Crippen LogP contribution >= 0.6 is 11.6 Å². The number of aromatic nitrogens is 1. The fourth-order valence-corrected chi connectivity index (χ4v) is 3.64. The Labute approximate surface area is 177 Å². The topological polar surface area (TPSA) is 110 Å². The highest BCUT2D eigenvalue weighted by atomic mass is 35.5. The van der Waals surface area contributed by atoms with Gasteiger partial charge in [-0.1, -0.05) is 28.9 Å². The summed E-state index contributed by atoms with van der Waals surface area (Å²) in [5.74, 6) is 0.936. The Hall–Kier alpha value is -3.39. The maximum absolute atomic E-state index is 12.6. The Kier molecular flexibility index (Phi) is 5.41. The molecule has 0 spiro atoms. The number of carbonyl (C=O) groups is 2. The molecule has 2 N–H and O–H groups in total. The molecule has 4 rings (SSSR count). The molecule has 0 unspecified atom stereocenters. The first-order chi connectivity index (χ1) is 14.4. The summed E-state index contributed by atoms with van der Waals surface area (Å²) < 4.78 is 10.8. The lowest BCUT2D eigenvalue weighted by atomic mass is 9.93. The van der Waals surface area contributed by atoms with Crippen LogP contribution in [0.2, 0.25) is 5.02 Å². The van der Waals surface area contributed by atoms with Crippen molar-refractivity contribution >= 4 is 34.9 Å². The van der Waals surface area contributed by atoms with E-state index in [0.29, 0.717) is 52.0 Å². The van der Waals surface area contributed by atoms with Crippen molar-refractivity contribution in [1.29, 1.82) is 0 Å². The molecule has 0 atom stereocenters. The molecule has 2 amide bonds. The second kappa shape index (κ2) is 8.16. The largest absolute Gasteiger partial charge is 0.455 e. The van der Waals surface area contributed by atoms with Crippen LogP contribution in [0.25, 0.3) is 0 Å². The summed E-state index contributed by atoms with van der Waals surface area (Å²) in [5.41, 5.74) is 4.97. The molecule has 0 radical (unpaired) electrons. The molecule has 2 aromatic heterocycles. The van der Waals surface area contributed by atoms with E-state index in [1.807, 2.05) is 0 Å². The molecular weight excluding hydrogens is 408 g/mol. The molecule has 0 saturated carbocycles. The molecule has 2 heterocycles. The molecule has 8 nitrogen and oxygen atoms in total. The molecule has 1 aliphatic carbocycles. The quantitative estimate of drug-likeness (QED) is 0.605. The number of nitrogens with one attached hydrogen (secondary N) is 2. The highest BCUT2D eigenvalue weighted by Gasteiger charge is 2.28. The number of anilines is 1. The summed E-state index contributed by atoms with van der Waals surface area (Å²) in [6.07, 6.45) is 2.13. The summed E-state index contributed by atoms with van der Waals surface area (Å²) >= 11 is 6.07. The lowest BCUT2D eigenvalue weighted by Crippen LogP contribution is -2.22. The molecule has 3 aromatic rings. The Balaban J connectivity index is 1.58. The van der Waals surface area contributed by atoms with Gasteiger partial charge in [0.2, 0.25) is 0 Å². The number of amides is 2. The number of furan rings is 1. The summed E-state index contributed by atoms with van der Waals surface area (Å²) in [6, 6.07) is 8.37. The standard InChI is InChI=1S/C21H19ClN4O4/c1-11-10-17(26-30-11)23-21(28)19-12(2)18-15(8-5-9-16(18)29-19)24-25-20(27)13-6-3-4-7-14(13)22/h3-4,6-7,10H,5,8-9H2,1-2H3,(H,25,27)(H,23,26,28)/b24-15+. The molecule has 0 saturated heterocycles. The van der Waals surface area contributed by atoms with Crippen LogP contribution in [0.15, 0.2) is 44.4 Å². The number of benzene rings is 1. The summed E-state index contributed by atoms with van der Waals surface area (Å²) in [5, 5.41) is 11.1. The van der Waals surface area contributed by atoms with Crippen LogP contribution in [0, 0.1) is 13.8 Å². The van der Waals surface area contributed by atoms with Crippen molar-refractivity contribution in [2.24, 2.45) is 5.10 Å². The van der Waals surface area contributed by atoms with Gasteiger partial charge in [0.25, 0.3) is 11.8 Å². The van der Waals surface area contributed by atoms with E-state index < -0.39 is 11.8 Å². The van der Waals surface area contributed by atoms with E-state index in [-0.39, 0.29) is 5.76 Å². The highest BCUT2D eigenvalue weighted by Crippen LogP contribution is 2.30. The van der Waals surface area contributed by atoms with Crippen LogP contribution in [0.4, 0.5) is 5.82 Å². The SMILES string of the molecule is Cc1cc(NC(=O)c2oc3c(c2C)/C(=N/NC(=O)c2ccccc2Cl)CCC3)no1. The van der Waals surface area contributed by atoms with E-state index in [9.17, 15) is 9.59 Å². The van der Waals surface area contributed by atoms with Crippen LogP contribution in [0.1, 0.15) is 56.4 Å². The Morgan fingerprint density at radius 1 is 1.17 bits per heavy atom. The Morgan fingerprint density at radius 2 is 1.97 bits per heavy atom. The average molecular weight is 427 g/mol. The molecule has 9 heteroatoms. The Bertz CT molecular complexity index is 1160. The van der Waals surface area contributed by atoms with Crippen LogP contribution < -0.4 is 10.7 Å². The number of aryl methyl sites for hydroxylation is 2. The minimum absolute atomic E-state index is 0.188. The third kappa shape index (κ3) is 3.86. The van der Waals surface area contributed by atoms with Gasteiger partial charge in [0.15, 0.2) is 11.6 Å². The number of hydrogen-bond acceptors (Lipinski definition) is 6. The number of halogens is 1. The number of carbonyl (C=O) groups excluding carboxylic acids is 2. The van der Waals surface area contributed by atoms with E-state index in [0.717, 1.165) is 12.0 Å². The first-order valence-corrected chi connectivity index (χ1v) is 9.80. The zero-order valence-corrected chi connectivity index (χ0v) is 17.2. The summed E-state index contributed by atoms with van der Waals surface area (Å²) in [4.78, 5) is 25.1. The van der Waals surface area contributed by atoms with E-state index in [1.165, 1.54) is 0 Å². The molecule has 1 aromatic carbocycles. The predicted molar refractivity (Wildman–Crippen MR) is 111 cm³/mol. The van der Waals surface area contributed by atoms with Gasteiger partial charge in [0, 0.05) is 23.6 Å². The van der Waals surface area contributed by atoms with Crippen LogP contribution in [-0.4, -0.2) is 22.7 Å². The molecule has 0 fully saturated rings. The minimum Gasteiger partial charge on any atom is -0.455 e. The number of hydrazone groups is 1. The lowest BCUT2D eigenvalue weighted by molar-refractivity contribution is 0.0953. The van der Waals surface area contributed by atoms with Gasteiger partial charge in [-0.2, -0.15) is 5.10 Å². The van der Waals surface area contributed by atoms with Gasteiger partial charge in [0.1, 0.15) is 11.5 Å². The van der Waals surface area contributed by atoms with Crippen molar-refractivity contribution < 1.29 is 18.5 Å². The number of hydrogen-bond donors (Lipinski definition) is 2. The fraction of sp³-hybridized carbons (Fsp3) is 0.238. The van der Waals surface area contributed by atoms with Gasteiger partial charge in [-0.3, -0.25) is 9.59 Å². The van der Waals surface area contributed by atoms with Crippen molar-refractivity contribution in [2.45, 2.75) is 33.1 Å². The normalized spacial score (nSPS) is 14.4. The lowest BCUT2D eigenvalue weighted by Gasteiger charge is -2.13. The highest BCUT2D eigenvalue weighted by molar-refractivity contribution is 6.33. The number of nitrogens with zero attached hydrogens (tertiary/aromatic N) is 2. The zero-order chi connectivity index (χ0) is 21.3. The summed E-state index contributed by atoms with van der Waals surface area (Å²) in [6.45, 7) is 3.53. The molecule has 0 bridgehead atoms. The fourth-order valence-electron chi connectivity index (χ4n) is 3.42. The molecule has 154 valence electrons. The second-order valence-electron chi connectivity index (χ2n) is 6.96. The third-order valence-electron chi connectivity index (χ3n) is 4.81.